The van der Waals surface area contributed by atoms with Crippen molar-refractivity contribution in [2.24, 2.45) is 11.7 Å². The number of benzene rings is 2. The molecule has 2 aromatic rings. The fraction of sp³-hybridized carbons (Fsp3) is 0.417. The van der Waals surface area contributed by atoms with E-state index in [4.69, 9.17) is 20.3 Å². The molecule has 0 radical (unpaired) electrons. The number of methoxy groups -OCH3 is 2. The Labute approximate surface area is 179 Å². The summed E-state index contributed by atoms with van der Waals surface area (Å²) < 4.78 is 10.5. The average Bonchev–Trinajstić information content (AvgIpc) is 2.75. The van der Waals surface area contributed by atoms with Gasteiger partial charge in [0.25, 0.3) is 0 Å². The van der Waals surface area contributed by atoms with Crippen molar-refractivity contribution < 1.29 is 19.4 Å². The van der Waals surface area contributed by atoms with Gasteiger partial charge in [-0.3, -0.25) is 4.79 Å². The van der Waals surface area contributed by atoms with Gasteiger partial charge >= 0.3 is 5.97 Å². The fourth-order valence-electron chi connectivity index (χ4n) is 3.19. The molecule has 0 saturated carbocycles. The number of nitrogens with two attached hydrogens (primary N) is 1. The fourth-order valence-corrected chi connectivity index (χ4v) is 3.19. The zero-order chi connectivity index (χ0) is 22.7. The number of nitrogens with zero attached hydrogens (tertiary/aromatic N) is 1. The van der Waals surface area contributed by atoms with Crippen LogP contribution in [0.1, 0.15) is 50.8 Å². The van der Waals surface area contributed by atoms with E-state index in [1.807, 2.05) is 51.1 Å². The minimum Gasteiger partial charge on any atom is -0.493 e. The van der Waals surface area contributed by atoms with Gasteiger partial charge in [0.15, 0.2) is 11.5 Å². The Morgan fingerprint density at radius 2 is 1.70 bits per heavy atom. The Kier molecular flexibility index (Phi) is 9.87. The van der Waals surface area contributed by atoms with Crippen LogP contribution in [-0.4, -0.2) is 25.3 Å². The Morgan fingerprint density at radius 3 is 2.10 bits per heavy atom. The van der Waals surface area contributed by atoms with Crippen LogP contribution in [0.4, 0.5) is 0 Å². The van der Waals surface area contributed by atoms with Gasteiger partial charge in [-0.25, -0.2) is 0 Å². The van der Waals surface area contributed by atoms with Crippen molar-refractivity contribution in [3.05, 3.63) is 59.7 Å². The molecule has 0 aliphatic heterocycles. The van der Waals surface area contributed by atoms with Crippen LogP contribution >= 0.6 is 0 Å². The first-order valence-electron chi connectivity index (χ1n) is 9.87. The average molecular weight is 413 g/mol. The van der Waals surface area contributed by atoms with Gasteiger partial charge in [-0.05, 0) is 42.5 Å². The maximum Gasteiger partial charge on any atom is 0.303 e. The van der Waals surface area contributed by atoms with Gasteiger partial charge in [-0.15, -0.1) is 0 Å². The second kappa shape index (κ2) is 11.8. The third-order valence-corrected chi connectivity index (χ3v) is 5.14. The Bertz CT molecular complexity index is 844. The second-order valence-electron chi connectivity index (χ2n) is 7.40. The molecule has 2 rings (SSSR count). The molecule has 0 fully saturated rings. The smallest absolute Gasteiger partial charge is 0.303 e. The van der Waals surface area contributed by atoms with Gasteiger partial charge in [0.2, 0.25) is 0 Å². The second-order valence-corrected chi connectivity index (χ2v) is 7.40. The Hall–Kier alpha value is -3.04. The van der Waals surface area contributed by atoms with E-state index >= 15 is 0 Å². The number of carboxylic acids is 1. The molecule has 3 N–H and O–H groups in total. The number of nitriles is 1. The highest BCUT2D eigenvalue weighted by Crippen LogP contribution is 2.40. The van der Waals surface area contributed by atoms with Crippen LogP contribution in [0.25, 0.3) is 0 Å². The molecule has 0 saturated heterocycles. The van der Waals surface area contributed by atoms with Crippen LogP contribution < -0.4 is 15.2 Å². The lowest BCUT2D eigenvalue weighted by Crippen LogP contribution is -2.31. The van der Waals surface area contributed by atoms with Crippen LogP contribution in [0.2, 0.25) is 0 Å². The van der Waals surface area contributed by atoms with Crippen molar-refractivity contribution in [2.45, 2.75) is 45.1 Å². The molecular formula is C24H32N2O4. The minimum atomic E-state index is -0.907. The summed E-state index contributed by atoms with van der Waals surface area (Å²) in [4.78, 5) is 10.9. The molecule has 0 heterocycles. The lowest BCUT2D eigenvalue weighted by molar-refractivity contribution is -0.137. The molecule has 6 nitrogen and oxygen atoms in total. The number of carboxylic acid groups (broad SMARTS) is 1. The number of aliphatic carboxylic acids is 1. The zero-order valence-electron chi connectivity index (χ0n) is 18.4. The van der Waals surface area contributed by atoms with E-state index in [-0.39, 0.29) is 24.8 Å². The summed E-state index contributed by atoms with van der Waals surface area (Å²) in [5, 5.41) is 18.6. The third-order valence-electron chi connectivity index (χ3n) is 5.14. The van der Waals surface area contributed by atoms with E-state index < -0.39 is 11.4 Å². The lowest BCUT2D eigenvalue weighted by atomic mass is 9.70. The zero-order valence-corrected chi connectivity index (χ0v) is 18.4. The van der Waals surface area contributed by atoms with Crippen molar-refractivity contribution >= 4 is 5.97 Å². The number of ether oxygens (including phenoxy) is 2. The van der Waals surface area contributed by atoms with Gasteiger partial charge in [0.05, 0.1) is 25.7 Å². The molecular weight excluding hydrogens is 380 g/mol. The Balaban J connectivity index is 0.000000414. The van der Waals surface area contributed by atoms with Crippen LogP contribution in [0, 0.1) is 17.2 Å². The van der Waals surface area contributed by atoms with Crippen molar-refractivity contribution in [3.63, 3.8) is 0 Å². The van der Waals surface area contributed by atoms with Crippen LogP contribution in [-0.2, 0) is 10.2 Å². The van der Waals surface area contributed by atoms with E-state index in [2.05, 4.69) is 6.07 Å². The SMILES string of the molecule is COc1ccc([C@@](C#N)(CCC(=O)O)C(C)C)cc1OC.C[C@H](N)c1ccccc1. The van der Waals surface area contributed by atoms with Gasteiger partial charge in [-0.2, -0.15) is 5.26 Å². The molecule has 0 bridgehead atoms. The molecule has 0 aliphatic carbocycles. The van der Waals surface area contributed by atoms with Crippen molar-refractivity contribution in [2.75, 3.05) is 14.2 Å². The summed E-state index contributed by atoms with van der Waals surface area (Å²) in [5.74, 6) is 0.177. The summed E-state index contributed by atoms with van der Waals surface area (Å²) in [5.41, 5.74) is 6.69. The number of rotatable bonds is 8. The molecule has 162 valence electrons. The summed E-state index contributed by atoms with van der Waals surface area (Å²) >= 11 is 0. The van der Waals surface area contributed by atoms with Crippen LogP contribution in [0.3, 0.4) is 0 Å². The van der Waals surface area contributed by atoms with E-state index in [1.165, 1.54) is 12.7 Å². The predicted molar refractivity (Wildman–Crippen MR) is 118 cm³/mol. The summed E-state index contributed by atoms with van der Waals surface area (Å²) in [6.45, 7) is 5.82. The molecule has 0 aromatic heterocycles. The highest BCUT2D eigenvalue weighted by atomic mass is 16.5. The van der Waals surface area contributed by atoms with Crippen LogP contribution in [0.5, 0.6) is 11.5 Å². The normalized spacial score (nSPS) is 13.3. The standard InChI is InChI=1S/C16H21NO4.C8H11N/c1-11(2)16(10-17,8-7-15(18)19)12-5-6-13(20-3)14(9-12)21-4;1-7(9)8-5-3-2-4-6-8/h5-6,9,11H,7-8H2,1-4H3,(H,18,19);2-7H,9H2,1H3/t16-;7-/m10/s1. The summed E-state index contributed by atoms with van der Waals surface area (Å²) in [6, 6.07) is 17.8. The number of hydrogen-bond acceptors (Lipinski definition) is 5. The molecule has 2 aromatic carbocycles. The van der Waals surface area contributed by atoms with Gasteiger partial charge < -0.3 is 20.3 Å². The summed E-state index contributed by atoms with van der Waals surface area (Å²) in [6.07, 6.45) is 0.200. The maximum atomic E-state index is 10.9. The topological polar surface area (TPSA) is 106 Å². The van der Waals surface area contributed by atoms with E-state index in [1.54, 1.807) is 25.3 Å². The van der Waals surface area contributed by atoms with Crippen LogP contribution in [0.15, 0.2) is 48.5 Å². The molecule has 0 amide bonds. The largest absolute Gasteiger partial charge is 0.493 e. The van der Waals surface area contributed by atoms with E-state index in [0.717, 1.165) is 5.56 Å². The van der Waals surface area contributed by atoms with Gasteiger partial charge in [0, 0.05) is 12.5 Å². The highest BCUT2D eigenvalue weighted by molar-refractivity contribution is 5.67. The van der Waals surface area contributed by atoms with Crippen molar-refractivity contribution in [1.82, 2.24) is 0 Å². The molecule has 0 spiro atoms. The predicted octanol–water partition coefficient (Wildman–Crippen LogP) is 4.69. The van der Waals surface area contributed by atoms with Crippen molar-refractivity contribution in [3.8, 4) is 17.6 Å². The van der Waals surface area contributed by atoms with Crippen molar-refractivity contribution in [1.29, 1.82) is 5.26 Å². The first-order valence-corrected chi connectivity index (χ1v) is 9.87. The first kappa shape index (κ1) is 25.0. The lowest BCUT2D eigenvalue weighted by Gasteiger charge is -2.31. The molecule has 6 heteroatoms. The first-order chi connectivity index (χ1) is 14.2. The maximum absolute atomic E-state index is 10.9. The Morgan fingerprint density at radius 1 is 1.10 bits per heavy atom. The number of carbonyl (C=O) groups is 1. The van der Waals surface area contributed by atoms with E-state index in [0.29, 0.717) is 11.5 Å². The number of hydrogen-bond donors (Lipinski definition) is 2. The van der Waals surface area contributed by atoms with E-state index in [9.17, 15) is 10.1 Å². The monoisotopic (exact) mass is 412 g/mol. The molecule has 0 aliphatic rings. The molecule has 2 atom stereocenters. The highest BCUT2D eigenvalue weighted by Gasteiger charge is 2.37. The molecule has 30 heavy (non-hydrogen) atoms. The molecule has 0 unspecified atom stereocenters. The summed E-state index contributed by atoms with van der Waals surface area (Å²) in [7, 11) is 3.07. The minimum absolute atomic E-state index is 0.0278. The van der Waals surface area contributed by atoms with Gasteiger partial charge in [-0.1, -0.05) is 50.2 Å². The quantitative estimate of drug-likeness (QED) is 0.651. The third kappa shape index (κ3) is 6.50. The van der Waals surface area contributed by atoms with Gasteiger partial charge in [0.1, 0.15) is 0 Å².